The van der Waals surface area contributed by atoms with Crippen molar-refractivity contribution in [3.8, 4) is 17.0 Å². The summed E-state index contributed by atoms with van der Waals surface area (Å²) in [5.74, 6) is 0.0502. The first-order valence-electron chi connectivity index (χ1n) is 16.6. The number of amides is 2. The molecule has 2 amide bonds. The molecule has 0 fully saturated rings. The molecule has 8 rings (SSSR count). The number of nitrogens with one attached hydrogen (secondary N) is 1. The number of rotatable bonds is 5. The summed E-state index contributed by atoms with van der Waals surface area (Å²) in [6, 6.07) is 31.2. The summed E-state index contributed by atoms with van der Waals surface area (Å²) < 4.78 is 2.28. The van der Waals surface area contributed by atoms with Crippen LogP contribution in [0.3, 0.4) is 0 Å². The average Bonchev–Trinajstić information content (AvgIpc) is 3.73. The molecule has 0 radical (unpaired) electrons. The highest BCUT2D eigenvalue weighted by atomic mass is 16.3. The number of hydrogen-bond acceptors (Lipinski definition) is 4. The van der Waals surface area contributed by atoms with E-state index in [1.807, 2.05) is 47.4 Å². The van der Waals surface area contributed by atoms with Crippen molar-refractivity contribution in [2.75, 3.05) is 4.90 Å². The molecule has 0 spiro atoms. The molecule has 5 aromatic rings. The fourth-order valence-electron chi connectivity index (χ4n) is 7.61. The lowest BCUT2D eigenvalue weighted by Crippen LogP contribution is -2.42. The molecule has 236 valence electrons. The average molecular weight is 623 g/mol. The number of phenols is 1. The number of carbonyl (C=O) groups excluding carboxylic acids is 2. The standard InChI is InChI=1S/C40H38N4O3/c1-26-19-27-9-5-6-10-28(27)25-43(26)39(46)35-21-30-24-41-23-29(30)20-34(35)38-22-36(37-13-7-8-18-42(37)38)40(47)44(31-11-3-2-4-12-31)32-14-16-33(45)17-15-32/h2-6,9-12,14-17,20-22,26,41,45H,7-8,13,18-19,23-25H2,1H3/t26-/m1/s1. The van der Waals surface area contributed by atoms with Crippen LogP contribution in [0.15, 0.2) is 97.1 Å². The number of nitrogens with zero attached hydrogens (tertiary/aromatic N) is 3. The second-order valence-electron chi connectivity index (χ2n) is 13.0. The number of aromatic hydroxyl groups is 1. The van der Waals surface area contributed by atoms with Gasteiger partial charge in [-0.1, -0.05) is 42.5 Å². The van der Waals surface area contributed by atoms with Crippen LogP contribution in [0, 0.1) is 0 Å². The number of fused-ring (bicyclic) bond motifs is 3. The van der Waals surface area contributed by atoms with E-state index in [0.29, 0.717) is 23.4 Å². The Balaban J connectivity index is 1.26. The van der Waals surface area contributed by atoms with E-state index in [1.165, 1.54) is 16.7 Å². The number of anilines is 2. The van der Waals surface area contributed by atoms with Crippen LogP contribution in [-0.2, 0) is 39.0 Å². The maximum absolute atomic E-state index is 14.7. The minimum atomic E-state index is -0.129. The smallest absolute Gasteiger partial charge is 0.264 e. The van der Waals surface area contributed by atoms with Gasteiger partial charge in [0.15, 0.2) is 0 Å². The summed E-state index contributed by atoms with van der Waals surface area (Å²) in [7, 11) is 0. The molecule has 0 bridgehead atoms. The van der Waals surface area contributed by atoms with Gasteiger partial charge in [0.2, 0.25) is 0 Å². The van der Waals surface area contributed by atoms with E-state index in [0.717, 1.165) is 73.5 Å². The Bertz CT molecular complexity index is 2000. The lowest BCUT2D eigenvalue weighted by atomic mass is 9.92. The van der Waals surface area contributed by atoms with Gasteiger partial charge in [-0.3, -0.25) is 14.5 Å². The van der Waals surface area contributed by atoms with E-state index in [1.54, 1.807) is 29.2 Å². The molecule has 0 aliphatic carbocycles. The first kappa shape index (κ1) is 29.3. The molecule has 4 aromatic carbocycles. The molecule has 1 aromatic heterocycles. The SMILES string of the molecule is C[C@@H]1Cc2ccccc2CN1C(=O)c1cc2c(cc1-c1cc(C(=O)N(c3ccccc3)c3ccc(O)cc3)c3n1CCCC3)CNC2. The third kappa shape index (κ3) is 5.21. The van der Waals surface area contributed by atoms with Crippen LogP contribution in [0.2, 0.25) is 0 Å². The maximum Gasteiger partial charge on any atom is 0.264 e. The van der Waals surface area contributed by atoms with Gasteiger partial charge in [-0.25, -0.2) is 0 Å². The number of phenolic OH excluding ortho intramolecular Hbond substituents is 1. The number of benzene rings is 4. The lowest BCUT2D eigenvalue weighted by molar-refractivity contribution is 0.0658. The van der Waals surface area contributed by atoms with Gasteiger partial charge >= 0.3 is 0 Å². The summed E-state index contributed by atoms with van der Waals surface area (Å²) in [6.07, 6.45) is 3.63. The van der Waals surface area contributed by atoms with E-state index in [-0.39, 0.29) is 23.6 Å². The number of hydrogen-bond donors (Lipinski definition) is 2. The Hall–Kier alpha value is -5.14. The van der Waals surface area contributed by atoms with Gasteiger partial charge in [0.1, 0.15) is 5.75 Å². The number of carbonyl (C=O) groups is 2. The van der Waals surface area contributed by atoms with Gasteiger partial charge in [0, 0.05) is 66.1 Å². The van der Waals surface area contributed by atoms with Crippen LogP contribution in [0.1, 0.15) is 68.4 Å². The minimum Gasteiger partial charge on any atom is -0.508 e. The Morgan fingerprint density at radius 2 is 1.49 bits per heavy atom. The van der Waals surface area contributed by atoms with Crippen LogP contribution in [0.5, 0.6) is 5.75 Å². The zero-order valence-electron chi connectivity index (χ0n) is 26.6. The van der Waals surface area contributed by atoms with Gasteiger partial charge < -0.3 is 19.9 Å². The zero-order valence-corrected chi connectivity index (χ0v) is 26.6. The minimum absolute atomic E-state index is 0.0333. The van der Waals surface area contributed by atoms with E-state index < -0.39 is 0 Å². The van der Waals surface area contributed by atoms with Crippen molar-refractivity contribution in [1.29, 1.82) is 0 Å². The van der Waals surface area contributed by atoms with Crippen LogP contribution in [0.25, 0.3) is 11.3 Å². The quantitative estimate of drug-likeness (QED) is 0.215. The van der Waals surface area contributed by atoms with Crippen molar-refractivity contribution < 1.29 is 14.7 Å². The normalized spacial score (nSPS) is 16.7. The fourth-order valence-corrected chi connectivity index (χ4v) is 7.61. The zero-order chi connectivity index (χ0) is 32.1. The molecule has 7 nitrogen and oxygen atoms in total. The van der Waals surface area contributed by atoms with E-state index in [9.17, 15) is 14.7 Å². The van der Waals surface area contributed by atoms with Gasteiger partial charge in [0.05, 0.1) is 5.56 Å². The summed E-state index contributed by atoms with van der Waals surface area (Å²) >= 11 is 0. The van der Waals surface area contributed by atoms with Gasteiger partial charge in [-0.05, 0) is 109 Å². The Labute approximate surface area is 275 Å². The first-order valence-corrected chi connectivity index (χ1v) is 16.6. The van der Waals surface area contributed by atoms with Crippen molar-refractivity contribution in [3.63, 3.8) is 0 Å². The summed E-state index contributed by atoms with van der Waals surface area (Å²) in [6.45, 7) is 5.01. The molecular formula is C40H38N4O3. The highest BCUT2D eigenvalue weighted by Gasteiger charge is 2.33. The van der Waals surface area contributed by atoms with Gasteiger partial charge in [-0.15, -0.1) is 0 Å². The highest BCUT2D eigenvalue weighted by Crippen LogP contribution is 2.38. The third-order valence-corrected chi connectivity index (χ3v) is 10.1. The summed E-state index contributed by atoms with van der Waals surface area (Å²) in [5, 5.41) is 13.5. The van der Waals surface area contributed by atoms with Crippen molar-refractivity contribution in [3.05, 3.63) is 136 Å². The van der Waals surface area contributed by atoms with Crippen LogP contribution >= 0.6 is 0 Å². The molecule has 1 atom stereocenters. The van der Waals surface area contributed by atoms with Crippen molar-refractivity contribution >= 4 is 23.2 Å². The Morgan fingerprint density at radius 3 is 2.28 bits per heavy atom. The van der Waals surface area contributed by atoms with Crippen molar-refractivity contribution in [2.45, 2.75) is 64.8 Å². The molecule has 47 heavy (non-hydrogen) atoms. The molecule has 7 heteroatoms. The van der Waals surface area contributed by atoms with E-state index in [4.69, 9.17) is 0 Å². The van der Waals surface area contributed by atoms with Crippen molar-refractivity contribution in [2.24, 2.45) is 0 Å². The van der Waals surface area contributed by atoms with Gasteiger partial charge in [0.25, 0.3) is 11.8 Å². The molecule has 4 heterocycles. The van der Waals surface area contributed by atoms with Crippen LogP contribution < -0.4 is 10.2 Å². The number of para-hydroxylation sites is 1. The van der Waals surface area contributed by atoms with Gasteiger partial charge in [-0.2, -0.15) is 0 Å². The van der Waals surface area contributed by atoms with Crippen molar-refractivity contribution in [1.82, 2.24) is 14.8 Å². The van der Waals surface area contributed by atoms with E-state index in [2.05, 4.69) is 47.1 Å². The molecule has 3 aliphatic heterocycles. The van der Waals surface area contributed by atoms with Crippen LogP contribution in [-0.4, -0.2) is 32.4 Å². The molecule has 0 unspecified atom stereocenters. The third-order valence-electron chi connectivity index (χ3n) is 10.1. The number of aromatic nitrogens is 1. The molecule has 3 aliphatic rings. The molecule has 0 saturated heterocycles. The first-order chi connectivity index (χ1) is 23.0. The largest absolute Gasteiger partial charge is 0.508 e. The summed E-state index contributed by atoms with van der Waals surface area (Å²) in [5.41, 5.74) is 10.5. The second-order valence-corrected chi connectivity index (χ2v) is 13.0. The van der Waals surface area contributed by atoms with E-state index >= 15 is 0 Å². The molecule has 2 N–H and O–H groups in total. The maximum atomic E-state index is 14.7. The Morgan fingerprint density at radius 1 is 0.787 bits per heavy atom. The predicted octanol–water partition coefficient (Wildman–Crippen LogP) is 7.37. The molecular weight excluding hydrogens is 584 g/mol. The molecule has 0 saturated carbocycles. The monoisotopic (exact) mass is 622 g/mol. The Kier molecular flexibility index (Phi) is 7.41. The lowest BCUT2D eigenvalue weighted by Gasteiger charge is -2.35. The predicted molar refractivity (Wildman–Crippen MR) is 184 cm³/mol. The highest BCUT2D eigenvalue weighted by molar-refractivity contribution is 6.12. The summed E-state index contributed by atoms with van der Waals surface area (Å²) in [4.78, 5) is 33.1. The van der Waals surface area contributed by atoms with Crippen LogP contribution in [0.4, 0.5) is 11.4 Å². The second kappa shape index (κ2) is 11.9. The topological polar surface area (TPSA) is 77.8 Å². The fraction of sp³-hybridized carbons (Fsp3) is 0.250.